The van der Waals surface area contributed by atoms with Crippen molar-refractivity contribution in [1.29, 1.82) is 0 Å². The molecular weight excluding hydrogens is 190 g/mol. The van der Waals surface area contributed by atoms with Gasteiger partial charge in [-0.2, -0.15) is 0 Å². The maximum atomic E-state index is 9.00. The minimum absolute atomic E-state index is 0.0474. The molecule has 1 aromatic heterocycles. The molecule has 4 heteroatoms. The molecule has 0 unspecified atom stereocenters. The molecule has 2 rings (SSSR count). The van der Waals surface area contributed by atoms with Crippen LogP contribution >= 0.6 is 11.6 Å². The fraction of sp³-hybridized carbons (Fsp3) is 0.222. The highest BCUT2D eigenvalue weighted by Crippen LogP contribution is 2.20. The topological polar surface area (TPSA) is 46.3 Å². The summed E-state index contributed by atoms with van der Waals surface area (Å²) in [5.74, 6) is 0.733. The Morgan fingerprint density at radius 1 is 1.46 bits per heavy atom. The van der Waals surface area contributed by atoms with Gasteiger partial charge in [-0.15, -0.1) is 11.6 Å². The third-order valence-corrected chi connectivity index (χ3v) is 2.05. The van der Waals surface area contributed by atoms with Crippen LogP contribution < -0.4 is 0 Å². The Labute approximate surface area is 80.0 Å². The van der Waals surface area contributed by atoms with E-state index in [2.05, 4.69) is 4.98 Å². The molecule has 0 aliphatic carbocycles. The molecule has 68 valence electrons. The van der Waals surface area contributed by atoms with E-state index >= 15 is 0 Å². The lowest BCUT2D eigenvalue weighted by atomic mass is 10.2. The molecular formula is C9H8ClNO2. The summed E-state index contributed by atoms with van der Waals surface area (Å²) in [6.45, 7) is -0.0474. The van der Waals surface area contributed by atoms with Crippen molar-refractivity contribution in [3.8, 4) is 0 Å². The third kappa shape index (κ3) is 1.41. The van der Waals surface area contributed by atoms with E-state index in [1.54, 1.807) is 6.07 Å². The van der Waals surface area contributed by atoms with Crippen LogP contribution in [0.25, 0.3) is 11.1 Å². The van der Waals surface area contributed by atoms with Crippen LogP contribution in [0.3, 0.4) is 0 Å². The zero-order chi connectivity index (χ0) is 9.26. The molecule has 1 aromatic carbocycles. The highest BCUT2D eigenvalue weighted by molar-refractivity contribution is 6.16. The van der Waals surface area contributed by atoms with Crippen LogP contribution in [0.4, 0.5) is 0 Å². The Balaban J connectivity index is 2.67. The van der Waals surface area contributed by atoms with E-state index in [4.69, 9.17) is 21.1 Å². The fourth-order valence-electron chi connectivity index (χ4n) is 1.23. The second kappa shape index (κ2) is 3.36. The summed E-state index contributed by atoms with van der Waals surface area (Å²) in [4.78, 5) is 4.13. The number of aromatic nitrogens is 1. The predicted octanol–water partition coefficient (Wildman–Crippen LogP) is 2.06. The number of rotatable bonds is 2. The second-order valence-corrected chi connectivity index (χ2v) is 2.93. The van der Waals surface area contributed by atoms with Gasteiger partial charge in [-0.05, 0) is 6.07 Å². The van der Waals surface area contributed by atoms with Crippen molar-refractivity contribution >= 4 is 22.7 Å². The number of para-hydroxylation sites is 1. The van der Waals surface area contributed by atoms with Gasteiger partial charge in [-0.3, -0.25) is 0 Å². The number of hydrogen-bond donors (Lipinski definition) is 1. The Morgan fingerprint density at radius 3 is 3.00 bits per heavy atom. The van der Waals surface area contributed by atoms with Crippen LogP contribution in [-0.2, 0) is 12.5 Å². The average molecular weight is 198 g/mol. The Hall–Kier alpha value is -1.06. The van der Waals surface area contributed by atoms with Gasteiger partial charge in [0.15, 0.2) is 5.58 Å². The number of halogens is 1. The van der Waals surface area contributed by atoms with Crippen LogP contribution in [0.2, 0.25) is 0 Å². The molecule has 2 aromatic rings. The molecule has 0 fully saturated rings. The molecule has 0 bridgehead atoms. The maximum absolute atomic E-state index is 9.00. The second-order valence-electron chi connectivity index (χ2n) is 2.66. The number of hydrogen-bond acceptors (Lipinski definition) is 3. The quantitative estimate of drug-likeness (QED) is 0.750. The SMILES string of the molecule is OCc1cccc2nc(CCl)oc12. The summed E-state index contributed by atoms with van der Waals surface area (Å²) in [5.41, 5.74) is 2.10. The molecule has 0 aliphatic rings. The lowest BCUT2D eigenvalue weighted by molar-refractivity contribution is 0.281. The minimum Gasteiger partial charge on any atom is -0.439 e. The molecule has 13 heavy (non-hydrogen) atoms. The minimum atomic E-state index is -0.0474. The number of benzene rings is 1. The first-order chi connectivity index (χ1) is 6.35. The summed E-state index contributed by atoms with van der Waals surface area (Å²) in [7, 11) is 0. The molecule has 0 radical (unpaired) electrons. The van der Waals surface area contributed by atoms with E-state index in [1.807, 2.05) is 12.1 Å². The monoisotopic (exact) mass is 197 g/mol. The van der Waals surface area contributed by atoms with Gasteiger partial charge >= 0.3 is 0 Å². The van der Waals surface area contributed by atoms with Gasteiger partial charge in [0, 0.05) is 5.56 Å². The smallest absolute Gasteiger partial charge is 0.210 e. The molecule has 3 nitrogen and oxygen atoms in total. The first kappa shape index (κ1) is 8.53. The molecule has 0 spiro atoms. The number of aliphatic hydroxyl groups excluding tert-OH is 1. The van der Waals surface area contributed by atoms with Crippen molar-refractivity contribution in [3.63, 3.8) is 0 Å². The molecule has 0 amide bonds. The van der Waals surface area contributed by atoms with Gasteiger partial charge in [-0.25, -0.2) is 4.98 Å². The zero-order valence-electron chi connectivity index (χ0n) is 6.83. The first-order valence-corrected chi connectivity index (χ1v) is 4.42. The third-order valence-electron chi connectivity index (χ3n) is 1.83. The number of oxazole rings is 1. The Morgan fingerprint density at radius 2 is 2.31 bits per heavy atom. The van der Waals surface area contributed by atoms with Crippen molar-refractivity contribution < 1.29 is 9.52 Å². The zero-order valence-corrected chi connectivity index (χ0v) is 7.58. The summed E-state index contributed by atoms with van der Waals surface area (Å²) < 4.78 is 5.34. The molecule has 0 saturated carbocycles. The average Bonchev–Trinajstić information content (AvgIpc) is 2.59. The summed E-state index contributed by atoms with van der Waals surface area (Å²) in [6.07, 6.45) is 0. The molecule has 0 aliphatic heterocycles. The summed E-state index contributed by atoms with van der Waals surface area (Å²) >= 11 is 5.58. The van der Waals surface area contributed by atoms with Crippen molar-refractivity contribution in [3.05, 3.63) is 29.7 Å². The summed E-state index contributed by atoms with van der Waals surface area (Å²) in [5, 5.41) is 9.00. The van der Waals surface area contributed by atoms with Gasteiger partial charge < -0.3 is 9.52 Å². The normalized spacial score (nSPS) is 10.9. The molecule has 1 heterocycles. The molecule has 0 saturated heterocycles. The van der Waals surface area contributed by atoms with E-state index in [1.165, 1.54) is 0 Å². The van der Waals surface area contributed by atoms with Gasteiger partial charge in [0.1, 0.15) is 5.52 Å². The number of nitrogens with zero attached hydrogens (tertiary/aromatic N) is 1. The standard InChI is InChI=1S/C9H8ClNO2/c10-4-8-11-7-3-1-2-6(5-12)9(7)13-8/h1-3,12H,4-5H2. The van der Waals surface area contributed by atoms with Crippen molar-refractivity contribution in [2.24, 2.45) is 0 Å². The van der Waals surface area contributed by atoms with Crippen molar-refractivity contribution in [1.82, 2.24) is 4.98 Å². The lowest BCUT2D eigenvalue weighted by Gasteiger charge is -1.93. The number of fused-ring (bicyclic) bond motifs is 1. The number of aliphatic hydroxyl groups is 1. The van der Waals surface area contributed by atoms with Crippen LogP contribution in [0.5, 0.6) is 0 Å². The fourth-order valence-corrected chi connectivity index (χ4v) is 1.35. The van der Waals surface area contributed by atoms with Gasteiger partial charge in [0.05, 0.1) is 12.5 Å². The lowest BCUT2D eigenvalue weighted by Crippen LogP contribution is -1.81. The van der Waals surface area contributed by atoms with Crippen LogP contribution in [0.1, 0.15) is 11.5 Å². The van der Waals surface area contributed by atoms with Crippen LogP contribution in [0.15, 0.2) is 22.6 Å². The maximum Gasteiger partial charge on any atom is 0.210 e. The van der Waals surface area contributed by atoms with E-state index in [0.29, 0.717) is 11.5 Å². The molecule has 0 atom stereocenters. The van der Waals surface area contributed by atoms with E-state index in [-0.39, 0.29) is 12.5 Å². The van der Waals surface area contributed by atoms with E-state index in [9.17, 15) is 0 Å². The van der Waals surface area contributed by atoms with E-state index < -0.39 is 0 Å². The van der Waals surface area contributed by atoms with Crippen LogP contribution in [0, 0.1) is 0 Å². The van der Waals surface area contributed by atoms with Crippen LogP contribution in [-0.4, -0.2) is 10.1 Å². The number of alkyl halides is 1. The van der Waals surface area contributed by atoms with Gasteiger partial charge in [0.25, 0.3) is 0 Å². The van der Waals surface area contributed by atoms with E-state index in [0.717, 1.165) is 11.1 Å². The van der Waals surface area contributed by atoms with Crippen molar-refractivity contribution in [2.45, 2.75) is 12.5 Å². The van der Waals surface area contributed by atoms with Crippen molar-refractivity contribution in [2.75, 3.05) is 0 Å². The predicted molar refractivity (Wildman–Crippen MR) is 49.5 cm³/mol. The first-order valence-electron chi connectivity index (χ1n) is 3.89. The van der Waals surface area contributed by atoms with Gasteiger partial charge in [0.2, 0.25) is 5.89 Å². The molecule has 1 N–H and O–H groups in total. The highest BCUT2D eigenvalue weighted by Gasteiger charge is 2.07. The Kier molecular flexibility index (Phi) is 2.20. The van der Waals surface area contributed by atoms with Gasteiger partial charge in [-0.1, -0.05) is 12.1 Å². The summed E-state index contributed by atoms with van der Waals surface area (Å²) in [6, 6.07) is 5.45. The Bertz CT molecular complexity index is 424. The largest absolute Gasteiger partial charge is 0.439 e. The highest BCUT2D eigenvalue weighted by atomic mass is 35.5.